The number of hydrogen-bond acceptors (Lipinski definition) is 3. The van der Waals surface area contributed by atoms with Crippen LogP contribution in [0, 0.1) is 0 Å². The van der Waals surface area contributed by atoms with Crippen LogP contribution in [-0.4, -0.2) is 12.4 Å². The molecule has 2 nitrogen and oxygen atoms in total. The molecule has 0 aromatic heterocycles. The molecule has 1 aromatic rings. The number of rotatable bonds is 6. The molecule has 1 rings (SSSR count). The van der Waals surface area contributed by atoms with Gasteiger partial charge in [-0.1, -0.05) is 37.9 Å². The fourth-order valence-corrected chi connectivity index (χ4v) is 1.80. The first-order valence-corrected chi connectivity index (χ1v) is 6.15. The summed E-state index contributed by atoms with van der Waals surface area (Å²) in [6, 6.07) is 8.15. The van der Waals surface area contributed by atoms with Crippen LogP contribution in [0.1, 0.15) is 25.8 Å². The molecule has 15 heavy (non-hydrogen) atoms. The lowest BCUT2D eigenvalue weighted by atomic mass is 10.2. The van der Waals surface area contributed by atoms with Gasteiger partial charge < -0.3 is 4.74 Å². The highest BCUT2D eigenvalue weighted by atomic mass is 32.2. The zero-order valence-electron chi connectivity index (χ0n) is 9.62. The number of ether oxygens (including phenoxy) is 1. The molecular formula is C12H19NOS. The lowest BCUT2D eigenvalue weighted by Crippen LogP contribution is -2.08. The second kappa shape index (κ2) is 6.75. The minimum absolute atomic E-state index is 0.670. The summed E-state index contributed by atoms with van der Waals surface area (Å²) in [4.78, 5) is 0. The quantitative estimate of drug-likeness (QED) is 0.751. The summed E-state index contributed by atoms with van der Waals surface area (Å²) in [5.41, 5.74) is 1.28. The van der Waals surface area contributed by atoms with E-state index < -0.39 is 0 Å². The minimum atomic E-state index is 0.670. The molecule has 3 heteroatoms. The number of hydrogen-bond donors (Lipinski definition) is 1. The minimum Gasteiger partial charge on any atom is -0.497 e. The zero-order chi connectivity index (χ0) is 11.1. The average molecular weight is 225 g/mol. The van der Waals surface area contributed by atoms with Crippen LogP contribution < -0.4 is 9.46 Å². The van der Waals surface area contributed by atoms with E-state index in [1.807, 2.05) is 12.1 Å². The van der Waals surface area contributed by atoms with Crippen molar-refractivity contribution in [1.82, 2.24) is 4.72 Å². The van der Waals surface area contributed by atoms with Gasteiger partial charge >= 0.3 is 0 Å². The lowest BCUT2D eigenvalue weighted by Gasteiger charge is -2.09. The van der Waals surface area contributed by atoms with Gasteiger partial charge in [0.1, 0.15) is 5.75 Å². The van der Waals surface area contributed by atoms with Crippen LogP contribution in [0.25, 0.3) is 0 Å². The van der Waals surface area contributed by atoms with Crippen LogP contribution in [0.3, 0.4) is 0 Å². The molecule has 0 radical (unpaired) electrons. The molecule has 0 saturated heterocycles. The second-order valence-electron chi connectivity index (χ2n) is 3.51. The maximum atomic E-state index is 5.10. The van der Waals surface area contributed by atoms with E-state index in [1.165, 1.54) is 12.0 Å². The van der Waals surface area contributed by atoms with Crippen molar-refractivity contribution in [1.29, 1.82) is 0 Å². The van der Waals surface area contributed by atoms with Crippen LogP contribution in [0.15, 0.2) is 24.3 Å². The highest BCUT2D eigenvalue weighted by Gasteiger charge is 1.99. The van der Waals surface area contributed by atoms with Gasteiger partial charge in [-0.15, -0.1) is 0 Å². The summed E-state index contributed by atoms with van der Waals surface area (Å²) in [5, 5.41) is 0.670. The Labute approximate surface area is 96.5 Å². The van der Waals surface area contributed by atoms with Gasteiger partial charge in [0.15, 0.2) is 0 Å². The fraction of sp³-hybridized carbons (Fsp3) is 0.500. The Morgan fingerprint density at radius 1 is 1.33 bits per heavy atom. The van der Waals surface area contributed by atoms with E-state index in [0.717, 1.165) is 12.3 Å². The van der Waals surface area contributed by atoms with Crippen molar-refractivity contribution in [3.63, 3.8) is 0 Å². The van der Waals surface area contributed by atoms with Crippen molar-refractivity contribution >= 4 is 11.9 Å². The Morgan fingerprint density at radius 2 is 2.00 bits per heavy atom. The molecular weight excluding hydrogens is 206 g/mol. The Kier molecular flexibility index (Phi) is 5.58. The Balaban J connectivity index is 2.31. The topological polar surface area (TPSA) is 21.3 Å². The highest BCUT2D eigenvalue weighted by molar-refractivity contribution is 7.97. The third kappa shape index (κ3) is 4.58. The summed E-state index contributed by atoms with van der Waals surface area (Å²) in [6.07, 6.45) is 1.19. The van der Waals surface area contributed by atoms with Crippen LogP contribution in [-0.2, 0) is 6.54 Å². The monoisotopic (exact) mass is 225 g/mol. The average Bonchev–Trinajstić information content (AvgIpc) is 2.29. The van der Waals surface area contributed by atoms with Gasteiger partial charge in [0, 0.05) is 11.8 Å². The van der Waals surface area contributed by atoms with E-state index in [4.69, 9.17) is 4.74 Å². The summed E-state index contributed by atoms with van der Waals surface area (Å²) in [7, 11) is 1.69. The second-order valence-corrected chi connectivity index (χ2v) is 4.84. The van der Waals surface area contributed by atoms with Gasteiger partial charge in [-0.25, -0.2) is 0 Å². The van der Waals surface area contributed by atoms with Gasteiger partial charge in [-0.05, 0) is 24.1 Å². The molecule has 1 atom stereocenters. The van der Waals surface area contributed by atoms with Crippen LogP contribution in [0.2, 0.25) is 0 Å². The van der Waals surface area contributed by atoms with Crippen molar-refractivity contribution in [2.45, 2.75) is 32.1 Å². The summed E-state index contributed by atoms with van der Waals surface area (Å²) < 4.78 is 8.47. The summed E-state index contributed by atoms with van der Waals surface area (Å²) in [5.74, 6) is 0.910. The van der Waals surface area contributed by atoms with Gasteiger partial charge in [0.2, 0.25) is 0 Å². The Hall–Kier alpha value is -0.670. The fourth-order valence-electron chi connectivity index (χ4n) is 1.09. The Bertz CT molecular complexity index is 273. The van der Waals surface area contributed by atoms with Crippen molar-refractivity contribution < 1.29 is 4.74 Å². The molecule has 84 valence electrons. The largest absolute Gasteiger partial charge is 0.497 e. The number of benzene rings is 1. The third-order valence-corrected chi connectivity index (χ3v) is 3.34. The molecule has 0 unspecified atom stereocenters. The van der Waals surface area contributed by atoms with Gasteiger partial charge in [-0.3, -0.25) is 4.72 Å². The number of nitrogens with one attached hydrogen (secondary N) is 1. The van der Waals surface area contributed by atoms with Crippen molar-refractivity contribution in [2.75, 3.05) is 7.11 Å². The molecule has 0 amide bonds. The molecule has 0 spiro atoms. The molecule has 0 heterocycles. The molecule has 1 aromatic carbocycles. The molecule has 0 aliphatic carbocycles. The third-order valence-electron chi connectivity index (χ3n) is 2.29. The van der Waals surface area contributed by atoms with Crippen LogP contribution >= 0.6 is 11.9 Å². The maximum absolute atomic E-state index is 5.10. The molecule has 0 aliphatic heterocycles. The van der Waals surface area contributed by atoms with E-state index >= 15 is 0 Å². The van der Waals surface area contributed by atoms with Gasteiger partial charge in [0.05, 0.1) is 7.11 Å². The molecule has 0 aliphatic rings. The van der Waals surface area contributed by atoms with Crippen LogP contribution in [0.5, 0.6) is 5.75 Å². The predicted octanol–water partition coefficient (Wildman–Crippen LogP) is 3.23. The molecule has 0 fully saturated rings. The van der Waals surface area contributed by atoms with E-state index in [1.54, 1.807) is 19.1 Å². The van der Waals surface area contributed by atoms with Crippen molar-refractivity contribution in [3.8, 4) is 5.75 Å². The SMILES string of the molecule is CC[C@H](C)SNCc1ccc(OC)cc1. The maximum Gasteiger partial charge on any atom is 0.118 e. The molecule has 0 bridgehead atoms. The predicted molar refractivity (Wildman–Crippen MR) is 67.2 cm³/mol. The van der Waals surface area contributed by atoms with Gasteiger partial charge in [0.25, 0.3) is 0 Å². The van der Waals surface area contributed by atoms with E-state index in [0.29, 0.717) is 5.25 Å². The summed E-state index contributed by atoms with van der Waals surface area (Å²) >= 11 is 1.80. The van der Waals surface area contributed by atoms with Crippen molar-refractivity contribution in [3.05, 3.63) is 29.8 Å². The van der Waals surface area contributed by atoms with E-state index in [9.17, 15) is 0 Å². The molecule has 0 saturated carbocycles. The lowest BCUT2D eigenvalue weighted by molar-refractivity contribution is 0.414. The highest BCUT2D eigenvalue weighted by Crippen LogP contribution is 2.13. The zero-order valence-corrected chi connectivity index (χ0v) is 10.4. The van der Waals surface area contributed by atoms with Gasteiger partial charge in [-0.2, -0.15) is 0 Å². The normalized spacial score (nSPS) is 12.5. The van der Waals surface area contributed by atoms with E-state index in [-0.39, 0.29) is 0 Å². The first-order chi connectivity index (χ1) is 7.26. The van der Waals surface area contributed by atoms with Crippen molar-refractivity contribution in [2.24, 2.45) is 0 Å². The van der Waals surface area contributed by atoms with E-state index in [2.05, 4.69) is 30.7 Å². The number of methoxy groups -OCH3 is 1. The first kappa shape index (κ1) is 12.4. The molecule has 1 N–H and O–H groups in total. The first-order valence-electron chi connectivity index (χ1n) is 5.27. The Morgan fingerprint density at radius 3 is 2.53 bits per heavy atom. The van der Waals surface area contributed by atoms with Crippen LogP contribution in [0.4, 0.5) is 0 Å². The smallest absolute Gasteiger partial charge is 0.118 e. The standard InChI is InChI=1S/C12H19NOS/c1-4-10(2)15-13-9-11-5-7-12(14-3)8-6-11/h5-8,10,13H,4,9H2,1-3H3/t10-/m0/s1. The summed E-state index contributed by atoms with van der Waals surface area (Å²) in [6.45, 7) is 5.33.